The molecule has 1 atom stereocenters. The van der Waals surface area contributed by atoms with E-state index in [0.717, 1.165) is 5.56 Å². The average molecular weight is 223 g/mol. The van der Waals surface area contributed by atoms with E-state index in [2.05, 4.69) is 12.6 Å². The third kappa shape index (κ3) is 4.16. The molecule has 3 nitrogen and oxygen atoms in total. The summed E-state index contributed by atoms with van der Waals surface area (Å²) in [4.78, 5) is 21.8. The summed E-state index contributed by atoms with van der Waals surface area (Å²) in [6, 6.07) is 9.38. The molecule has 1 aromatic rings. The molecule has 1 unspecified atom stereocenters. The zero-order valence-electron chi connectivity index (χ0n) is 8.22. The molecule has 0 heterocycles. The molecule has 2 N–H and O–H groups in total. The van der Waals surface area contributed by atoms with E-state index in [9.17, 15) is 9.59 Å². The van der Waals surface area contributed by atoms with Crippen LogP contribution in [0.4, 0.5) is 0 Å². The molecule has 0 fully saturated rings. The normalized spacial score (nSPS) is 12.1. The summed E-state index contributed by atoms with van der Waals surface area (Å²) >= 11 is 3.72. The maximum atomic E-state index is 10.9. The predicted octanol–water partition coefficient (Wildman–Crippen LogP) is 1.49. The molecule has 4 heteroatoms. The zero-order valence-corrected chi connectivity index (χ0v) is 9.11. The third-order valence-corrected chi connectivity index (χ3v) is 2.32. The fourth-order valence-corrected chi connectivity index (χ4v) is 1.71. The first-order valence-corrected chi connectivity index (χ1v) is 5.09. The van der Waals surface area contributed by atoms with E-state index in [1.807, 2.05) is 30.3 Å². The molecular formula is C11H13NO2S. The number of rotatable bonds is 5. The molecule has 0 aromatic heterocycles. The number of carbonyl (C=O) groups is 2. The Bertz CT molecular complexity index is 335. The average Bonchev–Trinajstić information content (AvgIpc) is 2.17. The standard InChI is InChI=1S/C11H13NO2S/c12-10(13)6-9(7-11(14)15)8-4-2-1-3-5-8/h1-5,9H,6-7H2,(H2,12,13)(H,14,15). The molecule has 1 rings (SSSR count). The minimum atomic E-state index is -0.404. The lowest BCUT2D eigenvalue weighted by Crippen LogP contribution is -2.16. The Kier molecular flexibility index (Phi) is 4.37. The van der Waals surface area contributed by atoms with Gasteiger partial charge in [-0.15, -0.1) is 12.6 Å². The Morgan fingerprint density at radius 2 is 1.80 bits per heavy atom. The molecule has 0 saturated carbocycles. The first-order valence-electron chi connectivity index (χ1n) is 4.64. The molecule has 0 radical (unpaired) electrons. The summed E-state index contributed by atoms with van der Waals surface area (Å²) in [5.41, 5.74) is 6.07. The van der Waals surface area contributed by atoms with Crippen LogP contribution in [0.2, 0.25) is 0 Å². The van der Waals surface area contributed by atoms with E-state index in [4.69, 9.17) is 5.73 Å². The van der Waals surface area contributed by atoms with Crippen molar-refractivity contribution in [1.82, 2.24) is 0 Å². The minimum Gasteiger partial charge on any atom is -0.370 e. The lowest BCUT2D eigenvalue weighted by atomic mass is 9.93. The van der Waals surface area contributed by atoms with Gasteiger partial charge in [-0.1, -0.05) is 30.3 Å². The van der Waals surface area contributed by atoms with Gasteiger partial charge in [-0.25, -0.2) is 0 Å². The van der Waals surface area contributed by atoms with Gasteiger partial charge in [0, 0.05) is 18.8 Å². The number of benzene rings is 1. The van der Waals surface area contributed by atoms with Crippen LogP contribution >= 0.6 is 12.6 Å². The van der Waals surface area contributed by atoms with Crippen molar-refractivity contribution in [2.45, 2.75) is 18.8 Å². The molecule has 0 spiro atoms. The summed E-state index contributed by atoms with van der Waals surface area (Å²) < 4.78 is 0. The van der Waals surface area contributed by atoms with Gasteiger partial charge in [0.25, 0.3) is 0 Å². The van der Waals surface area contributed by atoms with Gasteiger partial charge in [0.2, 0.25) is 5.91 Å². The Hall–Kier alpha value is -1.29. The molecule has 0 aliphatic carbocycles. The Balaban J connectivity index is 2.81. The number of amides is 1. The van der Waals surface area contributed by atoms with Crippen molar-refractivity contribution in [2.24, 2.45) is 5.73 Å². The van der Waals surface area contributed by atoms with Crippen LogP contribution in [-0.2, 0) is 9.59 Å². The van der Waals surface area contributed by atoms with Crippen LogP contribution in [0.25, 0.3) is 0 Å². The highest BCUT2D eigenvalue weighted by atomic mass is 32.1. The van der Waals surface area contributed by atoms with E-state index in [-0.39, 0.29) is 23.9 Å². The van der Waals surface area contributed by atoms with E-state index < -0.39 is 5.91 Å². The maximum absolute atomic E-state index is 10.9. The first-order chi connectivity index (χ1) is 7.09. The van der Waals surface area contributed by atoms with Crippen molar-refractivity contribution >= 4 is 23.7 Å². The summed E-state index contributed by atoms with van der Waals surface area (Å²) in [7, 11) is 0. The van der Waals surface area contributed by atoms with Crippen molar-refractivity contribution in [3.8, 4) is 0 Å². The lowest BCUT2D eigenvalue weighted by molar-refractivity contribution is -0.118. The molecule has 1 amide bonds. The Labute approximate surface area is 94.1 Å². The van der Waals surface area contributed by atoms with Crippen LogP contribution in [0.1, 0.15) is 24.3 Å². The van der Waals surface area contributed by atoms with Crippen LogP contribution in [-0.4, -0.2) is 11.0 Å². The van der Waals surface area contributed by atoms with Gasteiger partial charge in [0.05, 0.1) is 0 Å². The van der Waals surface area contributed by atoms with Gasteiger partial charge < -0.3 is 5.73 Å². The molecule has 0 bridgehead atoms. The lowest BCUT2D eigenvalue weighted by Gasteiger charge is -2.13. The van der Waals surface area contributed by atoms with E-state index in [1.165, 1.54) is 0 Å². The van der Waals surface area contributed by atoms with Gasteiger partial charge in [0.15, 0.2) is 5.12 Å². The van der Waals surface area contributed by atoms with E-state index in [1.54, 1.807) is 0 Å². The summed E-state index contributed by atoms with van der Waals surface area (Å²) in [5, 5.41) is -0.231. The molecule has 0 aliphatic rings. The van der Waals surface area contributed by atoms with Crippen molar-refractivity contribution in [1.29, 1.82) is 0 Å². The summed E-state index contributed by atoms with van der Waals surface area (Å²) in [5.74, 6) is -0.563. The van der Waals surface area contributed by atoms with E-state index in [0.29, 0.717) is 0 Å². The van der Waals surface area contributed by atoms with Crippen LogP contribution in [0.5, 0.6) is 0 Å². The van der Waals surface area contributed by atoms with Gasteiger partial charge in [-0.3, -0.25) is 9.59 Å². The number of hydrogen-bond donors (Lipinski definition) is 2. The second-order valence-electron chi connectivity index (χ2n) is 3.38. The highest BCUT2D eigenvalue weighted by Gasteiger charge is 2.16. The number of hydrogen-bond acceptors (Lipinski definition) is 2. The number of thiol groups is 1. The smallest absolute Gasteiger partial charge is 0.218 e. The SMILES string of the molecule is NC(=O)CC(CC(=O)S)c1ccccc1. The Morgan fingerprint density at radius 3 is 2.27 bits per heavy atom. The highest BCUT2D eigenvalue weighted by Crippen LogP contribution is 2.23. The third-order valence-electron chi connectivity index (χ3n) is 2.14. The van der Waals surface area contributed by atoms with Crippen molar-refractivity contribution in [3.05, 3.63) is 35.9 Å². The van der Waals surface area contributed by atoms with Gasteiger partial charge >= 0.3 is 0 Å². The summed E-state index contributed by atoms with van der Waals surface area (Å²) in [6.07, 6.45) is 0.409. The van der Waals surface area contributed by atoms with Gasteiger partial charge in [-0.05, 0) is 5.56 Å². The quantitative estimate of drug-likeness (QED) is 0.743. The first kappa shape index (κ1) is 11.8. The maximum Gasteiger partial charge on any atom is 0.218 e. The monoisotopic (exact) mass is 223 g/mol. The Morgan fingerprint density at radius 1 is 1.20 bits per heavy atom. The van der Waals surface area contributed by atoms with Crippen molar-refractivity contribution < 1.29 is 9.59 Å². The van der Waals surface area contributed by atoms with Gasteiger partial charge in [0.1, 0.15) is 0 Å². The van der Waals surface area contributed by atoms with Crippen molar-refractivity contribution in [2.75, 3.05) is 0 Å². The zero-order chi connectivity index (χ0) is 11.3. The molecule has 0 aliphatic heterocycles. The van der Waals surface area contributed by atoms with Gasteiger partial charge in [-0.2, -0.15) is 0 Å². The molecule has 80 valence electrons. The van der Waals surface area contributed by atoms with Crippen LogP contribution in [0, 0.1) is 0 Å². The van der Waals surface area contributed by atoms with Crippen LogP contribution in [0.3, 0.4) is 0 Å². The number of nitrogens with two attached hydrogens (primary N) is 1. The molecule has 1 aromatic carbocycles. The van der Waals surface area contributed by atoms with Crippen molar-refractivity contribution in [3.63, 3.8) is 0 Å². The topological polar surface area (TPSA) is 60.2 Å². The largest absolute Gasteiger partial charge is 0.370 e. The second-order valence-corrected chi connectivity index (χ2v) is 3.87. The molecular weight excluding hydrogens is 210 g/mol. The summed E-state index contributed by atoms with van der Waals surface area (Å²) in [6.45, 7) is 0. The van der Waals surface area contributed by atoms with E-state index >= 15 is 0 Å². The fraction of sp³-hybridized carbons (Fsp3) is 0.273. The number of primary amides is 1. The molecule has 15 heavy (non-hydrogen) atoms. The highest BCUT2D eigenvalue weighted by molar-refractivity contribution is 7.96. The minimum absolute atomic E-state index is 0.159. The predicted molar refractivity (Wildman–Crippen MR) is 61.6 cm³/mol. The van der Waals surface area contributed by atoms with Crippen LogP contribution in [0.15, 0.2) is 30.3 Å². The van der Waals surface area contributed by atoms with Crippen LogP contribution < -0.4 is 5.73 Å². The molecule has 0 saturated heterocycles. The fourth-order valence-electron chi connectivity index (χ4n) is 1.49. The number of carbonyl (C=O) groups excluding carboxylic acids is 2. The second kappa shape index (κ2) is 5.56.